The van der Waals surface area contributed by atoms with Gasteiger partial charge in [-0.3, -0.25) is 0 Å². The Kier molecular flexibility index (Phi) is 2.80. The first-order valence-corrected chi connectivity index (χ1v) is 5.56. The SMILES string of the molecule is CC(N[C@@H]1C[C@H]1C)c1cccc(Cl)c1. The molecule has 0 amide bonds. The number of hydrogen-bond acceptors (Lipinski definition) is 1. The monoisotopic (exact) mass is 209 g/mol. The molecule has 1 aromatic rings. The van der Waals surface area contributed by atoms with Gasteiger partial charge in [0.2, 0.25) is 0 Å². The van der Waals surface area contributed by atoms with Gasteiger partial charge in [-0.2, -0.15) is 0 Å². The van der Waals surface area contributed by atoms with Crippen molar-refractivity contribution in [2.75, 3.05) is 0 Å². The van der Waals surface area contributed by atoms with Crippen molar-refractivity contribution in [2.24, 2.45) is 5.92 Å². The minimum atomic E-state index is 0.406. The van der Waals surface area contributed by atoms with E-state index in [-0.39, 0.29) is 0 Å². The molecule has 2 rings (SSSR count). The molecule has 0 bridgehead atoms. The molecule has 2 heteroatoms. The maximum atomic E-state index is 5.94. The first-order valence-electron chi connectivity index (χ1n) is 5.18. The van der Waals surface area contributed by atoms with E-state index in [2.05, 4.69) is 25.2 Å². The Morgan fingerprint density at radius 3 is 2.79 bits per heavy atom. The molecule has 1 unspecified atom stereocenters. The largest absolute Gasteiger partial charge is 0.307 e. The number of halogens is 1. The third-order valence-corrected chi connectivity index (χ3v) is 3.16. The molecule has 0 aliphatic heterocycles. The van der Waals surface area contributed by atoms with Crippen LogP contribution in [0.25, 0.3) is 0 Å². The summed E-state index contributed by atoms with van der Waals surface area (Å²) in [6.45, 7) is 4.47. The van der Waals surface area contributed by atoms with Crippen LogP contribution in [0, 0.1) is 5.92 Å². The average molecular weight is 210 g/mol. The van der Waals surface area contributed by atoms with Gasteiger partial charge in [0.25, 0.3) is 0 Å². The Labute approximate surface area is 90.5 Å². The van der Waals surface area contributed by atoms with Crippen LogP contribution in [-0.4, -0.2) is 6.04 Å². The molecule has 76 valence electrons. The Morgan fingerprint density at radius 1 is 1.50 bits per heavy atom. The van der Waals surface area contributed by atoms with Gasteiger partial charge in [0.05, 0.1) is 0 Å². The zero-order valence-corrected chi connectivity index (χ0v) is 9.38. The van der Waals surface area contributed by atoms with Crippen LogP contribution in [0.3, 0.4) is 0 Å². The predicted octanol–water partition coefficient (Wildman–Crippen LogP) is 3.40. The number of hydrogen-bond donors (Lipinski definition) is 1. The highest BCUT2D eigenvalue weighted by Crippen LogP contribution is 2.31. The van der Waals surface area contributed by atoms with Gasteiger partial charge in [0.15, 0.2) is 0 Å². The van der Waals surface area contributed by atoms with Crippen molar-refractivity contribution < 1.29 is 0 Å². The highest BCUT2D eigenvalue weighted by Gasteiger charge is 2.33. The topological polar surface area (TPSA) is 12.0 Å². The summed E-state index contributed by atoms with van der Waals surface area (Å²) in [6.07, 6.45) is 1.31. The highest BCUT2D eigenvalue weighted by atomic mass is 35.5. The highest BCUT2D eigenvalue weighted by molar-refractivity contribution is 6.30. The summed E-state index contributed by atoms with van der Waals surface area (Å²) in [6, 6.07) is 9.19. The number of nitrogens with one attached hydrogen (secondary N) is 1. The van der Waals surface area contributed by atoms with Crippen LogP contribution in [0.1, 0.15) is 31.9 Å². The van der Waals surface area contributed by atoms with E-state index in [0.717, 1.165) is 10.9 Å². The first-order chi connectivity index (χ1) is 6.66. The van der Waals surface area contributed by atoms with E-state index in [1.54, 1.807) is 0 Å². The number of rotatable bonds is 3. The molecular weight excluding hydrogens is 194 g/mol. The lowest BCUT2D eigenvalue weighted by atomic mass is 10.1. The van der Waals surface area contributed by atoms with Crippen LogP contribution in [-0.2, 0) is 0 Å². The van der Waals surface area contributed by atoms with Crippen LogP contribution < -0.4 is 5.32 Å². The first kappa shape index (κ1) is 10.0. The second kappa shape index (κ2) is 3.92. The van der Waals surface area contributed by atoms with Crippen molar-refractivity contribution in [1.82, 2.24) is 5.32 Å². The van der Waals surface area contributed by atoms with Gasteiger partial charge >= 0.3 is 0 Å². The van der Waals surface area contributed by atoms with E-state index in [9.17, 15) is 0 Å². The van der Waals surface area contributed by atoms with Crippen molar-refractivity contribution in [1.29, 1.82) is 0 Å². The van der Waals surface area contributed by atoms with Crippen molar-refractivity contribution >= 4 is 11.6 Å². The Hall–Kier alpha value is -0.530. The van der Waals surface area contributed by atoms with Crippen LogP contribution in [0.2, 0.25) is 5.02 Å². The van der Waals surface area contributed by atoms with Crippen LogP contribution in [0.15, 0.2) is 24.3 Å². The van der Waals surface area contributed by atoms with Gasteiger partial charge in [0, 0.05) is 17.1 Å². The van der Waals surface area contributed by atoms with Gasteiger partial charge in [-0.15, -0.1) is 0 Å². The summed E-state index contributed by atoms with van der Waals surface area (Å²) in [5, 5.41) is 4.41. The van der Waals surface area contributed by atoms with Gasteiger partial charge in [-0.1, -0.05) is 30.7 Å². The molecule has 1 aliphatic rings. The molecule has 1 saturated carbocycles. The van der Waals surface area contributed by atoms with Crippen LogP contribution >= 0.6 is 11.6 Å². The lowest BCUT2D eigenvalue weighted by molar-refractivity contribution is 0.552. The van der Waals surface area contributed by atoms with Crippen LogP contribution in [0.4, 0.5) is 0 Å². The zero-order valence-electron chi connectivity index (χ0n) is 8.63. The van der Waals surface area contributed by atoms with E-state index in [4.69, 9.17) is 11.6 Å². The summed E-state index contributed by atoms with van der Waals surface area (Å²) < 4.78 is 0. The van der Waals surface area contributed by atoms with Crippen molar-refractivity contribution in [3.05, 3.63) is 34.9 Å². The van der Waals surface area contributed by atoms with E-state index in [1.807, 2.05) is 18.2 Å². The molecule has 1 fully saturated rings. The second-order valence-electron chi connectivity index (χ2n) is 4.26. The van der Waals surface area contributed by atoms with Crippen molar-refractivity contribution in [2.45, 2.75) is 32.4 Å². The third-order valence-electron chi connectivity index (χ3n) is 2.92. The molecular formula is C12H16ClN. The molecule has 0 radical (unpaired) electrons. The fourth-order valence-corrected chi connectivity index (χ4v) is 1.95. The lowest BCUT2D eigenvalue weighted by Gasteiger charge is -2.14. The average Bonchev–Trinajstić information content (AvgIpc) is 2.81. The quantitative estimate of drug-likeness (QED) is 0.805. The Bertz CT molecular complexity index is 324. The normalized spacial score (nSPS) is 27.4. The Morgan fingerprint density at radius 2 is 2.21 bits per heavy atom. The number of benzene rings is 1. The summed E-state index contributed by atoms with van der Waals surface area (Å²) >= 11 is 5.94. The molecule has 1 aromatic carbocycles. The third kappa shape index (κ3) is 2.28. The second-order valence-corrected chi connectivity index (χ2v) is 4.70. The molecule has 0 heterocycles. The minimum absolute atomic E-state index is 0.406. The van der Waals surface area contributed by atoms with E-state index in [1.165, 1.54) is 12.0 Å². The molecule has 0 saturated heterocycles. The van der Waals surface area contributed by atoms with E-state index < -0.39 is 0 Å². The molecule has 1 N–H and O–H groups in total. The van der Waals surface area contributed by atoms with Gasteiger partial charge in [0.1, 0.15) is 0 Å². The predicted molar refractivity (Wildman–Crippen MR) is 60.6 cm³/mol. The molecule has 3 atom stereocenters. The standard InChI is InChI=1S/C12H16ClN/c1-8-6-12(8)14-9(2)10-4-3-5-11(13)7-10/h3-5,7-9,12,14H,6H2,1-2H3/t8-,9?,12-/m1/s1. The van der Waals surface area contributed by atoms with Crippen LogP contribution in [0.5, 0.6) is 0 Å². The molecule has 1 nitrogen and oxygen atoms in total. The molecule has 1 aliphatic carbocycles. The smallest absolute Gasteiger partial charge is 0.0409 e. The summed E-state index contributed by atoms with van der Waals surface area (Å²) in [5.41, 5.74) is 1.27. The summed E-state index contributed by atoms with van der Waals surface area (Å²) in [7, 11) is 0. The molecule has 0 aromatic heterocycles. The fraction of sp³-hybridized carbons (Fsp3) is 0.500. The van der Waals surface area contributed by atoms with Crippen molar-refractivity contribution in [3.63, 3.8) is 0 Å². The minimum Gasteiger partial charge on any atom is -0.307 e. The summed E-state index contributed by atoms with van der Waals surface area (Å²) in [4.78, 5) is 0. The van der Waals surface area contributed by atoms with Gasteiger partial charge < -0.3 is 5.32 Å². The molecule has 0 spiro atoms. The summed E-state index contributed by atoms with van der Waals surface area (Å²) in [5.74, 6) is 0.844. The maximum absolute atomic E-state index is 5.94. The van der Waals surface area contributed by atoms with E-state index in [0.29, 0.717) is 12.1 Å². The Balaban J connectivity index is 2.00. The van der Waals surface area contributed by atoms with E-state index >= 15 is 0 Å². The van der Waals surface area contributed by atoms with Gasteiger partial charge in [-0.05, 0) is 37.0 Å². The fourth-order valence-electron chi connectivity index (χ4n) is 1.75. The molecule has 14 heavy (non-hydrogen) atoms. The zero-order chi connectivity index (χ0) is 10.1. The maximum Gasteiger partial charge on any atom is 0.0409 e. The van der Waals surface area contributed by atoms with Crippen molar-refractivity contribution in [3.8, 4) is 0 Å². The lowest BCUT2D eigenvalue weighted by Crippen LogP contribution is -2.21. The van der Waals surface area contributed by atoms with Gasteiger partial charge in [-0.25, -0.2) is 0 Å².